The first-order chi connectivity index (χ1) is 24.2. The maximum atomic E-state index is 14.0. The van der Waals surface area contributed by atoms with Crippen LogP contribution in [0.4, 0.5) is 0 Å². The first kappa shape index (κ1) is 32.5. The minimum absolute atomic E-state index is 0.394. The van der Waals surface area contributed by atoms with Crippen molar-refractivity contribution in [1.82, 2.24) is 0 Å². The van der Waals surface area contributed by atoms with Crippen molar-refractivity contribution >= 4 is 40.6 Å². The molecule has 4 heteroatoms. The molecule has 252 valence electrons. The summed E-state index contributed by atoms with van der Waals surface area (Å²) >= 11 is 0. The van der Waals surface area contributed by atoms with Crippen molar-refractivity contribution in [1.29, 1.82) is 0 Å². The van der Waals surface area contributed by atoms with Crippen molar-refractivity contribution in [3.63, 3.8) is 0 Å². The largest absolute Gasteiger partial charge is 0.496 e. The van der Waals surface area contributed by atoms with Crippen molar-refractivity contribution < 1.29 is 14.3 Å². The van der Waals surface area contributed by atoms with E-state index in [1.807, 2.05) is 14.2 Å². The zero-order chi connectivity index (χ0) is 33.3. The quantitative estimate of drug-likeness (QED) is 0.162. The number of hydrogen-bond acceptors (Lipinski definition) is 3. The van der Waals surface area contributed by atoms with Gasteiger partial charge in [-0.3, -0.25) is 4.79 Å². The predicted octanol–water partition coefficient (Wildman–Crippen LogP) is 11.7. The molecule has 0 bridgehead atoms. The topological polar surface area (TPSA) is 35.5 Å². The van der Waals surface area contributed by atoms with E-state index < -0.39 is 7.92 Å². The van der Waals surface area contributed by atoms with Crippen molar-refractivity contribution in [2.24, 2.45) is 11.8 Å². The van der Waals surface area contributed by atoms with Crippen LogP contribution in [0.5, 0.6) is 11.5 Å². The zero-order valence-corrected chi connectivity index (χ0v) is 30.0. The van der Waals surface area contributed by atoms with Crippen LogP contribution in [0.1, 0.15) is 77.0 Å². The molecule has 0 radical (unpaired) electrons. The van der Waals surface area contributed by atoms with Crippen LogP contribution >= 0.6 is 7.92 Å². The van der Waals surface area contributed by atoms with E-state index in [0.717, 1.165) is 24.3 Å². The minimum Gasteiger partial charge on any atom is -0.496 e. The van der Waals surface area contributed by atoms with Gasteiger partial charge in [0.2, 0.25) is 0 Å². The van der Waals surface area contributed by atoms with E-state index in [1.54, 1.807) is 0 Å². The lowest BCUT2D eigenvalue weighted by molar-refractivity contribution is -0.119. The normalized spacial score (nSPS) is 22.4. The maximum absolute atomic E-state index is 14.0. The molecule has 8 rings (SSSR count). The van der Waals surface area contributed by atoms with Crippen LogP contribution in [-0.2, 0) is 4.79 Å². The molecule has 5 aromatic carbocycles. The number of Topliss-reactive ketones (excluding diaryl/α,β-unsaturated/α-hetero) is 1. The van der Waals surface area contributed by atoms with Gasteiger partial charge in [-0.1, -0.05) is 125 Å². The molecular weight excluding hydrogens is 619 g/mol. The van der Waals surface area contributed by atoms with Gasteiger partial charge in [-0.05, 0) is 98.9 Å². The molecule has 3 nitrogen and oxygen atoms in total. The van der Waals surface area contributed by atoms with E-state index in [9.17, 15) is 4.79 Å². The Bertz CT molecular complexity index is 1830. The van der Waals surface area contributed by atoms with Crippen LogP contribution < -0.4 is 14.8 Å². The Morgan fingerprint density at radius 2 is 0.980 bits per heavy atom. The summed E-state index contributed by atoms with van der Waals surface area (Å²) in [5.41, 5.74) is 5.71. The molecule has 2 saturated carbocycles. The molecule has 0 amide bonds. The van der Waals surface area contributed by atoms with Gasteiger partial charge in [0.1, 0.15) is 17.3 Å². The average Bonchev–Trinajstić information content (AvgIpc) is 3.17. The number of hydrogen-bond donors (Lipinski definition) is 0. The van der Waals surface area contributed by atoms with Gasteiger partial charge in [0, 0.05) is 24.0 Å². The van der Waals surface area contributed by atoms with Crippen LogP contribution in [0.2, 0.25) is 0 Å². The lowest BCUT2D eigenvalue weighted by Gasteiger charge is -2.48. The van der Waals surface area contributed by atoms with Crippen molar-refractivity contribution in [2.45, 2.75) is 88.4 Å². The van der Waals surface area contributed by atoms with Crippen molar-refractivity contribution in [3.05, 3.63) is 91.0 Å². The van der Waals surface area contributed by atoms with Gasteiger partial charge in [-0.25, -0.2) is 0 Å². The summed E-state index contributed by atoms with van der Waals surface area (Å²) in [7, 11) is 2.89. The van der Waals surface area contributed by atoms with Crippen LogP contribution in [0.15, 0.2) is 91.0 Å². The molecule has 1 aliphatic heterocycles. The highest BCUT2D eigenvalue weighted by molar-refractivity contribution is 7.68. The van der Waals surface area contributed by atoms with Crippen LogP contribution in [0.3, 0.4) is 0 Å². The Hall–Kier alpha value is -3.68. The fourth-order valence-corrected chi connectivity index (χ4v) is 14.2. The summed E-state index contributed by atoms with van der Waals surface area (Å²) in [6.07, 6.45) is 14.3. The molecule has 0 aromatic heterocycles. The van der Waals surface area contributed by atoms with Crippen molar-refractivity contribution in [3.8, 4) is 33.8 Å². The first-order valence-electron chi connectivity index (χ1n) is 18.7. The molecule has 3 aliphatic rings. The Morgan fingerprint density at radius 3 is 1.43 bits per heavy atom. The third-order valence-electron chi connectivity index (χ3n) is 12.0. The number of carbonyl (C=O) groups is 1. The van der Waals surface area contributed by atoms with Gasteiger partial charge in [-0.2, -0.15) is 0 Å². The van der Waals surface area contributed by atoms with Gasteiger partial charge in [0.15, 0.2) is 0 Å². The fraction of sp³-hybridized carbons (Fsp3) is 0.400. The molecule has 1 saturated heterocycles. The van der Waals surface area contributed by atoms with Gasteiger partial charge in [-0.15, -0.1) is 0 Å². The van der Waals surface area contributed by atoms with E-state index in [1.165, 1.54) is 113 Å². The third-order valence-corrected chi connectivity index (χ3v) is 15.7. The smallest absolute Gasteiger partial charge is 0.134 e. The highest BCUT2D eigenvalue weighted by Gasteiger charge is 2.46. The van der Waals surface area contributed by atoms with Crippen LogP contribution in [0.25, 0.3) is 43.8 Å². The highest BCUT2D eigenvalue weighted by Crippen LogP contribution is 2.63. The summed E-state index contributed by atoms with van der Waals surface area (Å²) in [5, 5.41) is 6.35. The Labute approximate surface area is 293 Å². The van der Waals surface area contributed by atoms with E-state index in [2.05, 4.69) is 91.0 Å². The summed E-state index contributed by atoms with van der Waals surface area (Å²) in [4.78, 5) is 14.0. The molecule has 2 atom stereocenters. The standard InChI is InChI=1S/C45H49O3P/c1-47-39-26-24-30-14-9-11-20-35(30)43(39)37-22-13-23-38(44-36-21-12-10-15-31(36)25-27-40(44)48-2)45(37)49-41(32-16-5-3-6-17-32)28-34(46)29-42(49)33-18-7-4-8-19-33/h9-15,20-27,32-33,41-42H,3-8,16-19,28-29H2,1-2H3. The van der Waals surface area contributed by atoms with E-state index in [-0.39, 0.29) is 0 Å². The second-order valence-electron chi connectivity index (χ2n) is 14.7. The second-order valence-corrected chi connectivity index (χ2v) is 17.3. The van der Waals surface area contributed by atoms with Gasteiger partial charge in [0.25, 0.3) is 0 Å². The summed E-state index contributed by atoms with van der Waals surface area (Å²) in [5.74, 6) is 3.52. The molecule has 2 aliphatic carbocycles. The van der Waals surface area contributed by atoms with Gasteiger partial charge in [0.05, 0.1) is 14.2 Å². The fourth-order valence-electron chi connectivity index (χ4n) is 9.77. The highest BCUT2D eigenvalue weighted by atomic mass is 31.1. The number of carbonyl (C=O) groups excluding carboxylic acids is 1. The lowest BCUT2D eigenvalue weighted by atomic mass is 9.82. The van der Waals surface area contributed by atoms with E-state index in [0.29, 0.717) is 28.9 Å². The number of methoxy groups -OCH3 is 2. The molecule has 0 spiro atoms. The molecular formula is C45H49O3P. The average molecular weight is 669 g/mol. The van der Waals surface area contributed by atoms with Crippen LogP contribution in [-0.4, -0.2) is 31.3 Å². The lowest BCUT2D eigenvalue weighted by Crippen LogP contribution is -2.41. The molecule has 3 fully saturated rings. The summed E-state index contributed by atoms with van der Waals surface area (Å²) in [6, 6.07) is 33.2. The Balaban J connectivity index is 1.48. The predicted molar refractivity (Wildman–Crippen MR) is 207 cm³/mol. The number of benzene rings is 5. The van der Waals surface area contributed by atoms with Crippen LogP contribution in [0, 0.1) is 11.8 Å². The van der Waals surface area contributed by atoms with E-state index >= 15 is 0 Å². The van der Waals surface area contributed by atoms with E-state index in [4.69, 9.17) is 9.47 Å². The number of rotatable bonds is 7. The molecule has 49 heavy (non-hydrogen) atoms. The number of fused-ring (bicyclic) bond motifs is 2. The second kappa shape index (κ2) is 14.3. The third kappa shape index (κ3) is 6.07. The van der Waals surface area contributed by atoms with Gasteiger partial charge < -0.3 is 9.47 Å². The maximum Gasteiger partial charge on any atom is 0.134 e. The van der Waals surface area contributed by atoms with Gasteiger partial charge >= 0.3 is 0 Å². The molecule has 0 N–H and O–H groups in total. The zero-order valence-electron chi connectivity index (χ0n) is 29.1. The summed E-state index contributed by atoms with van der Waals surface area (Å²) in [6.45, 7) is 0. The minimum atomic E-state index is -0.732. The number of ether oxygens (including phenoxy) is 2. The monoisotopic (exact) mass is 668 g/mol. The first-order valence-corrected chi connectivity index (χ1v) is 20.2. The Kier molecular flexibility index (Phi) is 9.48. The van der Waals surface area contributed by atoms with Crippen molar-refractivity contribution in [2.75, 3.05) is 14.2 Å². The molecule has 1 heterocycles. The number of ketones is 1. The summed E-state index contributed by atoms with van der Waals surface area (Å²) < 4.78 is 12.5. The SMILES string of the molecule is COc1ccc2ccccc2c1-c1cccc(-c2c(OC)ccc3ccccc23)c1P1C(C2CCCCC2)CC(=O)CC1C1CCCCC1. The Morgan fingerprint density at radius 1 is 0.531 bits per heavy atom. The molecule has 2 unspecified atom stereocenters. The molecule has 5 aromatic rings.